The number of aliphatic hydroxyl groups excluding tert-OH is 1. The van der Waals surface area contributed by atoms with Gasteiger partial charge in [-0.25, -0.2) is 0 Å². The molecule has 1 aliphatic rings. The molecular formula is C26H26O11. The van der Waals surface area contributed by atoms with E-state index >= 15 is 0 Å². The van der Waals surface area contributed by atoms with Gasteiger partial charge in [0.25, 0.3) is 0 Å². The molecule has 0 spiro atoms. The Kier molecular flexibility index (Phi) is 7.10. The summed E-state index contributed by atoms with van der Waals surface area (Å²) < 4.78 is 27.9. The zero-order valence-electron chi connectivity index (χ0n) is 20.5. The summed E-state index contributed by atoms with van der Waals surface area (Å²) in [6.07, 6.45) is -6.67. The Morgan fingerprint density at radius 2 is 1.59 bits per heavy atom. The average molecular weight is 514 g/mol. The molecule has 0 amide bonds. The van der Waals surface area contributed by atoms with Crippen LogP contribution in [0.25, 0.3) is 22.3 Å². The molecular weight excluding hydrogens is 488 g/mol. The number of aliphatic hydroxyl groups is 1. The monoisotopic (exact) mass is 514 g/mol. The van der Waals surface area contributed by atoms with Crippen LogP contribution in [0, 0.1) is 6.92 Å². The molecule has 0 bridgehead atoms. The summed E-state index contributed by atoms with van der Waals surface area (Å²) in [6.45, 7) is 5.67. The molecule has 1 aliphatic heterocycles. The van der Waals surface area contributed by atoms with Gasteiger partial charge in [0.05, 0.1) is 6.10 Å². The van der Waals surface area contributed by atoms with Crippen LogP contribution in [0.5, 0.6) is 17.2 Å². The van der Waals surface area contributed by atoms with Crippen LogP contribution in [0.15, 0.2) is 45.6 Å². The van der Waals surface area contributed by atoms with Gasteiger partial charge in [0.2, 0.25) is 17.5 Å². The highest BCUT2D eigenvalue weighted by atomic mass is 16.7. The molecule has 5 unspecified atom stereocenters. The van der Waals surface area contributed by atoms with Crippen LogP contribution in [0.4, 0.5) is 0 Å². The van der Waals surface area contributed by atoms with E-state index in [4.69, 9.17) is 23.4 Å². The number of carbonyl (C=O) groups is 2. The smallest absolute Gasteiger partial charge is 0.303 e. The Labute approximate surface area is 210 Å². The van der Waals surface area contributed by atoms with Gasteiger partial charge in [-0.1, -0.05) is 29.8 Å². The lowest BCUT2D eigenvalue weighted by molar-refractivity contribution is -0.276. The highest BCUT2D eigenvalue weighted by Crippen LogP contribution is 2.37. The maximum Gasteiger partial charge on any atom is 0.303 e. The molecule has 196 valence electrons. The number of carbonyl (C=O) groups excluding carboxylic acids is 2. The molecule has 11 nitrogen and oxygen atoms in total. The van der Waals surface area contributed by atoms with E-state index in [0.29, 0.717) is 5.56 Å². The molecule has 5 atom stereocenters. The number of benzene rings is 2. The maximum absolute atomic E-state index is 13.5. The van der Waals surface area contributed by atoms with Gasteiger partial charge in [-0.15, -0.1) is 0 Å². The minimum Gasteiger partial charge on any atom is -0.508 e. The number of fused-ring (bicyclic) bond motifs is 1. The van der Waals surface area contributed by atoms with Crippen LogP contribution in [-0.4, -0.2) is 58.0 Å². The number of rotatable bonds is 5. The Bertz CT molecular complexity index is 1390. The predicted molar refractivity (Wildman–Crippen MR) is 128 cm³/mol. The highest BCUT2D eigenvalue weighted by Gasteiger charge is 2.49. The van der Waals surface area contributed by atoms with Gasteiger partial charge in [0.15, 0.2) is 24.1 Å². The van der Waals surface area contributed by atoms with Crippen molar-refractivity contribution >= 4 is 22.9 Å². The quantitative estimate of drug-likeness (QED) is 0.429. The molecule has 1 aromatic heterocycles. The first kappa shape index (κ1) is 26.0. The Morgan fingerprint density at radius 1 is 0.973 bits per heavy atom. The summed E-state index contributed by atoms with van der Waals surface area (Å²) in [7, 11) is 0. The van der Waals surface area contributed by atoms with E-state index in [1.54, 1.807) is 24.3 Å². The average Bonchev–Trinajstić information content (AvgIpc) is 2.80. The van der Waals surface area contributed by atoms with Crippen LogP contribution in [-0.2, 0) is 23.8 Å². The molecule has 0 radical (unpaired) electrons. The zero-order valence-corrected chi connectivity index (χ0v) is 20.5. The third-order valence-corrected chi connectivity index (χ3v) is 5.82. The molecule has 2 heterocycles. The van der Waals surface area contributed by atoms with Crippen molar-refractivity contribution in [3.8, 4) is 28.6 Å². The van der Waals surface area contributed by atoms with E-state index < -0.39 is 59.6 Å². The SMILES string of the molecule is CC(=O)OC1C(C)OC(Oc2c(-c3ccc(C)cc3)oc3cc(O)cc(O)c3c2=O)C(O)C1OC(C)=O. The molecule has 0 aliphatic carbocycles. The number of aromatic hydroxyl groups is 2. The van der Waals surface area contributed by atoms with E-state index in [0.717, 1.165) is 25.5 Å². The van der Waals surface area contributed by atoms with Crippen molar-refractivity contribution in [1.82, 2.24) is 0 Å². The fourth-order valence-electron chi connectivity index (χ4n) is 4.15. The number of hydrogen-bond acceptors (Lipinski definition) is 11. The number of ether oxygens (including phenoxy) is 4. The third-order valence-electron chi connectivity index (χ3n) is 5.82. The van der Waals surface area contributed by atoms with E-state index in [-0.39, 0.29) is 22.5 Å². The standard InChI is InChI=1S/C26H26O11/c1-11-5-7-15(8-6-11)23-24(20(31)19-17(30)9-16(29)10-18(19)36-23)37-26-21(32)25(35-14(4)28)22(12(2)33-26)34-13(3)27/h5-10,12,21-22,25-26,29-30,32H,1-4H3. The van der Waals surface area contributed by atoms with Crippen molar-refractivity contribution in [2.45, 2.75) is 58.4 Å². The van der Waals surface area contributed by atoms with Crippen LogP contribution in [0.2, 0.25) is 0 Å². The summed E-state index contributed by atoms with van der Waals surface area (Å²) in [4.78, 5) is 36.9. The number of hydrogen-bond donors (Lipinski definition) is 3. The summed E-state index contributed by atoms with van der Waals surface area (Å²) in [5.74, 6) is -2.75. The second kappa shape index (κ2) is 10.1. The number of phenols is 2. The second-order valence-corrected chi connectivity index (χ2v) is 8.76. The van der Waals surface area contributed by atoms with Gasteiger partial charge < -0.3 is 38.7 Å². The van der Waals surface area contributed by atoms with Crippen molar-refractivity contribution in [1.29, 1.82) is 0 Å². The van der Waals surface area contributed by atoms with Crippen molar-refractivity contribution < 1.29 is 48.3 Å². The fraction of sp³-hybridized carbons (Fsp3) is 0.346. The van der Waals surface area contributed by atoms with Crippen LogP contribution in [0.1, 0.15) is 26.3 Å². The molecule has 0 saturated carbocycles. The minimum absolute atomic E-state index is 0.0582. The van der Waals surface area contributed by atoms with E-state index in [9.17, 15) is 29.7 Å². The van der Waals surface area contributed by atoms with Gasteiger partial charge in [-0.05, 0) is 13.8 Å². The lowest BCUT2D eigenvalue weighted by atomic mass is 9.99. The Hall–Kier alpha value is -4.09. The van der Waals surface area contributed by atoms with Crippen molar-refractivity contribution in [3.63, 3.8) is 0 Å². The van der Waals surface area contributed by atoms with Crippen LogP contribution < -0.4 is 10.2 Å². The number of phenolic OH excluding ortho intramolecular Hbond substituents is 2. The largest absolute Gasteiger partial charge is 0.508 e. The summed E-state index contributed by atoms with van der Waals surface area (Å²) in [5, 5.41) is 31.0. The molecule has 3 aromatic rings. The highest BCUT2D eigenvalue weighted by molar-refractivity contribution is 5.88. The van der Waals surface area contributed by atoms with Crippen LogP contribution >= 0.6 is 0 Å². The molecule has 2 aromatic carbocycles. The van der Waals surface area contributed by atoms with E-state index in [1.165, 1.54) is 13.0 Å². The normalized spacial score (nSPS) is 23.4. The third kappa shape index (κ3) is 5.23. The van der Waals surface area contributed by atoms with Gasteiger partial charge in [-0.2, -0.15) is 0 Å². The predicted octanol–water partition coefficient (Wildman–Crippen LogP) is 2.53. The zero-order chi connectivity index (χ0) is 27.0. The summed E-state index contributed by atoms with van der Waals surface area (Å²) in [5.41, 5.74) is 0.459. The van der Waals surface area contributed by atoms with Crippen molar-refractivity contribution in [3.05, 3.63) is 52.2 Å². The van der Waals surface area contributed by atoms with E-state index in [1.807, 2.05) is 6.92 Å². The topological polar surface area (TPSA) is 162 Å². The van der Waals surface area contributed by atoms with Gasteiger partial charge in [0.1, 0.15) is 22.5 Å². The second-order valence-electron chi connectivity index (χ2n) is 8.76. The molecule has 37 heavy (non-hydrogen) atoms. The maximum atomic E-state index is 13.5. The summed E-state index contributed by atoms with van der Waals surface area (Å²) >= 11 is 0. The minimum atomic E-state index is -1.68. The number of aryl methyl sites for hydroxylation is 1. The molecule has 3 N–H and O–H groups in total. The number of esters is 2. The summed E-state index contributed by atoms with van der Waals surface area (Å²) in [6, 6.07) is 9.05. The Morgan fingerprint density at radius 3 is 2.22 bits per heavy atom. The first-order chi connectivity index (χ1) is 17.5. The van der Waals surface area contributed by atoms with Crippen molar-refractivity contribution in [2.75, 3.05) is 0 Å². The van der Waals surface area contributed by atoms with Gasteiger partial charge in [0, 0.05) is 31.5 Å². The van der Waals surface area contributed by atoms with Gasteiger partial charge >= 0.3 is 11.9 Å². The van der Waals surface area contributed by atoms with Gasteiger partial charge in [-0.3, -0.25) is 14.4 Å². The molecule has 4 rings (SSSR count). The fourth-order valence-corrected chi connectivity index (χ4v) is 4.15. The Balaban J connectivity index is 1.83. The molecule has 11 heteroatoms. The lowest BCUT2D eigenvalue weighted by Gasteiger charge is -2.41. The van der Waals surface area contributed by atoms with Crippen molar-refractivity contribution in [2.24, 2.45) is 0 Å². The molecule has 1 saturated heterocycles. The van der Waals surface area contributed by atoms with Crippen LogP contribution in [0.3, 0.4) is 0 Å². The van der Waals surface area contributed by atoms with E-state index in [2.05, 4.69) is 0 Å². The first-order valence-electron chi connectivity index (χ1n) is 11.4. The first-order valence-corrected chi connectivity index (χ1v) is 11.4. The lowest BCUT2D eigenvalue weighted by Crippen LogP contribution is -2.61. The molecule has 1 fully saturated rings.